The van der Waals surface area contributed by atoms with Crippen molar-refractivity contribution in [1.29, 1.82) is 5.26 Å². The van der Waals surface area contributed by atoms with E-state index >= 15 is 0 Å². The van der Waals surface area contributed by atoms with Gasteiger partial charge in [-0.05, 0) is 43.9 Å². The molecule has 2 saturated heterocycles. The summed E-state index contributed by atoms with van der Waals surface area (Å²) in [5.74, 6) is 0.472. The fraction of sp³-hybridized carbons (Fsp3) is 0.462. The van der Waals surface area contributed by atoms with E-state index in [-0.39, 0.29) is 41.5 Å². The van der Waals surface area contributed by atoms with Crippen LogP contribution in [0.2, 0.25) is 0 Å². The zero-order valence-corrected chi connectivity index (χ0v) is 20.7. The highest BCUT2D eigenvalue weighted by molar-refractivity contribution is 7.89. The van der Waals surface area contributed by atoms with Crippen molar-refractivity contribution >= 4 is 15.9 Å². The number of carbonyl (C=O) groups is 1. The molecule has 0 spiro atoms. The van der Waals surface area contributed by atoms with Gasteiger partial charge in [0.1, 0.15) is 11.8 Å². The average Bonchev–Trinajstić information content (AvgIpc) is 3.41. The third kappa shape index (κ3) is 5.67. The van der Waals surface area contributed by atoms with Crippen LogP contribution in [0, 0.1) is 17.2 Å². The molecule has 2 aromatic rings. The highest BCUT2D eigenvalue weighted by Gasteiger charge is 2.35. The van der Waals surface area contributed by atoms with Crippen LogP contribution in [0.25, 0.3) is 0 Å². The van der Waals surface area contributed by atoms with Crippen LogP contribution in [0.5, 0.6) is 5.75 Å². The number of methoxy groups -OCH3 is 1. The normalized spacial score (nSPS) is 19.3. The van der Waals surface area contributed by atoms with Crippen LogP contribution in [0.4, 0.5) is 0 Å². The summed E-state index contributed by atoms with van der Waals surface area (Å²) in [6.07, 6.45) is 2.78. The predicted molar refractivity (Wildman–Crippen MR) is 130 cm³/mol. The van der Waals surface area contributed by atoms with Gasteiger partial charge in [0.2, 0.25) is 15.9 Å². The molecule has 2 aliphatic rings. The maximum Gasteiger partial charge on any atom is 0.244 e. The van der Waals surface area contributed by atoms with Gasteiger partial charge in [-0.25, -0.2) is 8.42 Å². The Morgan fingerprint density at radius 3 is 2.54 bits per heavy atom. The maximum atomic E-state index is 13.6. The highest BCUT2D eigenvalue weighted by atomic mass is 32.2. The van der Waals surface area contributed by atoms with Gasteiger partial charge in [0.05, 0.1) is 23.7 Å². The van der Waals surface area contributed by atoms with Crippen LogP contribution in [0.15, 0.2) is 53.4 Å². The summed E-state index contributed by atoms with van der Waals surface area (Å²) in [6.45, 7) is 2.10. The van der Waals surface area contributed by atoms with Crippen molar-refractivity contribution in [2.75, 3.05) is 33.4 Å². The van der Waals surface area contributed by atoms with E-state index in [1.54, 1.807) is 19.2 Å². The number of sulfonamides is 1. The van der Waals surface area contributed by atoms with E-state index in [1.807, 2.05) is 35.2 Å². The molecule has 0 saturated carbocycles. The molecule has 0 bridgehead atoms. The molecule has 2 fully saturated rings. The number of rotatable bonds is 8. The molecular formula is C26H31N3O5S. The lowest BCUT2D eigenvalue weighted by atomic mass is 9.96. The molecular weight excluding hydrogens is 466 g/mol. The van der Waals surface area contributed by atoms with E-state index in [0.29, 0.717) is 32.5 Å². The number of piperidine rings is 1. The Morgan fingerprint density at radius 1 is 1.14 bits per heavy atom. The largest absolute Gasteiger partial charge is 0.496 e. The number of hydrogen-bond donors (Lipinski definition) is 0. The third-order valence-corrected chi connectivity index (χ3v) is 8.70. The summed E-state index contributed by atoms with van der Waals surface area (Å²) >= 11 is 0. The zero-order valence-electron chi connectivity index (χ0n) is 19.9. The zero-order chi connectivity index (χ0) is 24.8. The van der Waals surface area contributed by atoms with Crippen molar-refractivity contribution in [3.05, 3.63) is 59.7 Å². The van der Waals surface area contributed by atoms with Gasteiger partial charge in [-0.15, -0.1) is 0 Å². The van der Waals surface area contributed by atoms with Crippen LogP contribution >= 0.6 is 0 Å². The molecule has 4 rings (SSSR count). The van der Waals surface area contributed by atoms with Gasteiger partial charge < -0.3 is 14.4 Å². The van der Waals surface area contributed by atoms with Crippen LogP contribution in [-0.4, -0.2) is 63.0 Å². The van der Waals surface area contributed by atoms with Crippen molar-refractivity contribution < 1.29 is 22.7 Å². The minimum atomic E-state index is -3.80. The second-order valence-corrected chi connectivity index (χ2v) is 10.9. The molecule has 8 nitrogen and oxygen atoms in total. The van der Waals surface area contributed by atoms with Gasteiger partial charge in [-0.1, -0.05) is 30.3 Å². The summed E-state index contributed by atoms with van der Waals surface area (Å²) in [7, 11) is -2.18. The van der Waals surface area contributed by atoms with Crippen molar-refractivity contribution in [3.63, 3.8) is 0 Å². The number of para-hydroxylation sites is 1. The Labute approximate surface area is 207 Å². The van der Waals surface area contributed by atoms with Crippen molar-refractivity contribution in [3.8, 4) is 11.8 Å². The lowest BCUT2D eigenvalue weighted by molar-refractivity contribution is -0.139. The number of amides is 1. The second-order valence-electron chi connectivity index (χ2n) is 8.95. The topological polar surface area (TPSA) is 99.9 Å². The molecule has 0 N–H and O–H groups in total. The predicted octanol–water partition coefficient (Wildman–Crippen LogP) is 3.18. The Balaban J connectivity index is 1.47. The van der Waals surface area contributed by atoms with Crippen molar-refractivity contribution in [2.45, 2.75) is 43.2 Å². The van der Waals surface area contributed by atoms with E-state index in [1.165, 1.54) is 16.4 Å². The van der Waals surface area contributed by atoms with E-state index in [2.05, 4.69) is 0 Å². The Bertz CT molecular complexity index is 1180. The number of ether oxygens (including phenoxy) is 2. The molecule has 2 aromatic carbocycles. The van der Waals surface area contributed by atoms with E-state index in [9.17, 15) is 18.5 Å². The third-order valence-electron chi connectivity index (χ3n) is 6.74. The first kappa shape index (κ1) is 25.2. The monoisotopic (exact) mass is 497 g/mol. The number of nitrogens with zero attached hydrogens (tertiary/aromatic N) is 3. The molecule has 0 aliphatic carbocycles. The molecule has 0 aromatic heterocycles. The van der Waals surface area contributed by atoms with Crippen LogP contribution < -0.4 is 4.74 Å². The number of hydrogen-bond acceptors (Lipinski definition) is 6. The van der Waals surface area contributed by atoms with E-state index in [4.69, 9.17) is 9.47 Å². The maximum absolute atomic E-state index is 13.6. The number of carbonyl (C=O) groups excluding carboxylic acids is 1. The van der Waals surface area contributed by atoms with Crippen molar-refractivity contribution in [2.24, 2.45) is 5.92 Å². The molecule has 2 aliphatic heterocycles. The molecule has 1 unspecified atom stereocenters. The summed E-state index contributed by atoms with van der Waals surface area (Å²) in [6, 6.07) is 15.8. The smallest absolute Gasteiger partial charge is 0.244 e. The standard InChI is InChI=1S/C26H31N3O5S/c1-33-24-10-4-2-8-22(24)18-28(19-23-9-6-16-34-23)26(30)20-12-14-29(15-13-20)35(31,32)25-11-5-3-7-21(25)17-27/h2-5,7-8,10-11,20,23H,6,9,12-16,18-19H2,1H3. The number of benzene rings is 2. The Morgan fingerprint density at radius 2 is 1.86 bits per heavy atom. The lowest BCUT2D eigenvalue weighted by Crippen LogP contribution is -2.46. The summed E-state index contributed by atoms with van der Waals surface area (Å²) < 4.78 is 39.0. The Hall–Kier alpha value is -2.93. The van der Waals surface area contributed by atoms with Gasteiger partial charge in [0, 0.05) is 44.3 Å². The van der Waals surface area contributed by atoms with E-state index in [0.717, 1.165) is 24.2 Å². The van der Waals surface area contributed by atoms with Crippen LogP contribution in [0.3, 0.4) is 0 Å². The van der Waals surface area contributed by atoms with E-state index < -0.39 is 10.0 Å². The van der Waals surface area contributed by atoms with Crippen molar-refractivity contribution in [1.82, 2.24) is 9.21 Å². The van der Waals surface area contributed by atoms with Gasteiger partial charge in [-0.2, -0.15) is 9.57 Å². The minimum Gasteiger partial charge on any atom is -0.496 e. The summed E-state index contributed by atoms with van der Waals surface area (Å²) in [5.41, 5.74) is 1.06. The summed E-state index contributed by atoms with van der Waals surface area (Å²) in [5, 5.41) is 9.33. The molecule has 2 heterocycles. The average molecular weight is 498 g/mol. The van der Waals surface area contributed by atoms with Gasteiger partial charge in [0.25, 0.3) is 0 Å². The molecule has 9 heteroatoms. The van der Waals surface area contributed by atoms with Gasteiger partial charge in [0.15, 0.2) is 0 Å². The molecule has 1 atom stereocenters. The first-order valence-electron chi connectivity index (χ1n) is 12.0. The molecule has 1 amide bonds. The number of nitriles is 1. The first-order chi connectivity index (χ1) is 16.9. The van der Waals surface area contributed by atoms with Gasteiger partial charge >= 0.3 is 0 Å². The molecule has 186 valence electrons. The molecule has 35 heavy (non-hydrogen) atoms. The van der Waals surface area contributed by atoms with Gasteiger partial charge in [-0.3, -0.25) is 4.79 Å². The lowest BCUT2D eigenvalue weighted by Gasteiger charge is -2.34. The Kier molecular flexibility index (Phi) is 8.06. The molecule has 0 radical (unpaired) electrons. The SMILES string of the molecule is COc1ccccc1CN(CC1CCCO1)C(=O)C1CCN(S(=O)(=O)c2ccccc2C#N)CC1. The quantitative estimate of drug-likeness (QED) is 0.555. The summed E-state index contributed by atoms with van der Waals surface area (Å²) in [4.78, 5) is 15.5. The van der Waals surface area contributed by atoms with Crippen LogP contribution in [-0.2, 0) is 26.1 Å². The fourth-order valence-corrected chi connectivity index (χ4v) is 6.44. The fourth-order valence-electron chi connectivity index (χ4n) is 4.83. The minimum absolute atomic E-state index is 0.0107. The highest BCUT2D eigenvalue weighted by Crippen LogP contribution is 2.29. The second kappa shape index (κ2) is 11.2. The van der Waals surface area contributed by atoms with Crippen LogP contribution in [0.1, 0.15) is 36.8 Å². The first-order valence-corrected chi connectivity index (χ1v) is 13.4.